The van der Waals surface area contributed by atoms with Gasteiger partial charge in [-0.2, -0.15) is 0 Å². The first-order valence-corrected chi connectivity index (χ1v) is 7.64. The lowest BCUT2D eigenvalue weighted by atomic mass is 10.1. The van der Waals surface area contributed by atoms with Gasteiger partial charge in [0.2, 0.25) is 5.91 Å². The Kier molecular flexibility index (Phi) is 6.58. The van der Waals surface area contributed by atoms with Crippen LogP contribution >= 0.6 is 11.8 Å². The van der Waals surface area contributed by atoms with Gasteiger partial charge >= 0.3 is 5.97 Å². The Balaban J connectivity index is 2.56. The van der Waals surface area contributed by atoms with Crippen LogP contribution in [0.4, 0.5) is 5.69 Å². The van der Waals surface area contributed by atoms with Gasteiger partial charge in [-0.25, -0.2) is 0 Å². The summed E-state index contributed by atoms with van der Waals surface area (Å²) in [7, 11) is 0. The standard InChI is InChI=1S/C15H21NO3S/c1-5-19-13(17)9-20-12(4)15(18)16-14-10(2)7-6-8-11(14)3/h6-8,12H,5,9H2,1-4H3,(H,16,18)/t12-/m0/s1. The zero-order chi connectivity index (χ0) is 15.1. The van der Waals surface area contributed by atoms with Crippen LogP contribution in [0.5, 0.6) is 0 Å². The van der Waals surface area contributed by atoms with E-state index in [1.54, 1.807) is 13.8 Å². The highest BCUT2D eigenvalue weighted by molar-refractivity contribution is 8.01. The molecule has 1 rings (SSSR count). The highest BCUT2D eigenvalue weighted by atomic mass is 32.2. The minimum Gasteiger partial charge on any atom is -0.465 e. The number of thioether (sulfide) groups is 1. The highest BCUT2D eigenvalue weighted by Gasteiger charge is 2.17. The molecule has 0 spiro atoms. The lowest BCUT2D eigenvalue weighted by molar-refractivity contribution is -0.139. The fraction of sp³-hybridized carbons (Fsp3) is 0.467. The summed E-state index contributed by atoms with van der Waals surface area (Å²) in [4.78, 5) is 23.4. The molecule has 0 saturated heterocycles. The van der Waals surface area contributed by atoms with E-state index in [4.69, 9.17) is 4.74 Å². The summed E-state index contributed by atoms with van der Waals surface area (Å²) in [5, 5.41) is 2.62. The number of anilines is 1. The first-order valence-electron chi connectivity index (χ1n) is 6.60. The molecular weight excluding hydrogens is 274 g/mol. The molecule has 1 amide bonds. The van der Waals surface area contributed by atoms with Gasteiger partial charge in [-0.3, -0.25) is 9.59 Å². The van der Waals surface area contributed by atoms with Crippen LogP contribution in [0.25, 0.3) is 0 Å². The van der Waals surface area contributed by atoms with Crippen molar-refractivity contribution >= 4 is 29.3 Å². The van der Waals surface area contributed by atoms with Crippen molar-refractivity contribution in [2.45, 2.75) is 32.9 Å². The normalized spacial score (nSPS) is 11.8. The summed E-state index contributed by atoms with van der Waals surface area (Å²) in [5.41, 5.74) is 2.91. The largest absolute Gasteiger partial charge is 0.465 e. The zero-order valence-electron chi connectivity index (χ0n) is 12.4. The van der Waals surface area contributed by atoms with Crippen LogP contribution in [0.15, 0.2) is 18.2 Å². The number of nitrogens with one attached hydrogen (secondary N) is 1. The van der Waals surface area contributed by atoms with Crippen molar-refractivity contribution < 1.29 is 14.3 Å². The van der Waals surface area contributed by atoms with Crippen molar-refractivity contribution in [2.75, 3.05) is 17.7 Å². The summed E-state index contributed by atoms with van der Waals surface area (Å²) in [6, 6.07) is 5.87. The number of carbonyl (C=O) groups is 2. The second kappa shape index (κ2) is 7.94. The fourth-order valence-corrected chi connectivity index (χ4v) is 2.39. The van der Waals surface area contributed by atoms with Crippen molar-refractivity contribution in [3.63, 3.8) is 0 Å². The van der Waals surface area contributed by atoms with Crippen molar-refractivity contribution in [1.29, 1.82) is 0 Å². The maximum Gasteiger partial charge on any atom is 0.315 e. The number of aryl methyl sites for hydroxylation is 2. The van der Waals surface area contributed by atoms with E-state index in [9.17, 15) is 9.59 Å². The molecule has 0 bridgehead atoms. The third-order valence-electron chi connectivity index (χ3n) is 2.86. The number of ether oxygens (including phenoxy) is 1. The van der Waals surface area contributed by atoms with Gasteiger partial charge in [-0.15, -0.1) is 11.8 Å². The Labute approximate surface area is 124 Å². The summed E-state index contributed by atoms with van der Waals surface area (Å²) in [5.74, 6) is -0.198. The zero-order valence-corrected chi connectivity index (χ0v) is 13.2. The van der Waals surface area contributed by atoms with Crippen molar-refractivity contribution in [2.24, 2.45) is 0 Å². The molecule has 0 aliphatic rings. The first-order chi connectivity index (χ1) is 9.45. The molecule has 20 heavy (non-hydrogen) atoms. The van der Waals surface area contributed by atoms with Crippen LogP contribution in [0.2, 0.25) is 0 Å². The van der Waals surface area contributed by atoms with Gasteiger partial charge < -0.3 is 10.1 Å². The summed E-state index contributed by atoms with van der Waals surface area (Å²) in [6.45, 7) is 7.83. The molecule has 1 N–H and O–H groups in total. The van der Waals surface area contributed by atoms with Crippen LogP contribution in [-0.2, 0) is 14.3 Å². The second-order valence-corrected chi connectivity index (χ2v) is 5.84. The predicted molar refractivity (Wildman–Crippen MR) is 83.1 cm³/mol. The molecule has 0 saturated carbocycles. The summed E-state index contributed by atoms with van der Waals surface area (Å²) < 4.78 is 4.84. The number of benzene rings is 1. The number of amides is 1. The number of esters is 1. The molecule has 1 aromatic rings. The number of hydrogen-bond donors (Lipinski definition) is 1. The third kappa shape index (κ3) is 4.89. The summed E-state index contributed by atoms with van der Waals surface area (Å²) in [6.07, 6.45) is 0. The number of hydrogen-bond acceptors (Lipinski definition) is 4. The van der Waals surface area contributed by atoms with E-state index in [1.807, 2.05) is 32.0 Å². The molecule has 5 heteroatoms. The monoisotopic (exact) mass is 295 g/mol. The van der Waals surface area contributed by atoms with Crippen LogP contribution in [0.3, 0.4) is 0 Å². The van der Waals surface area contributed by atoms with Crippen LogP contribution in [0.1, 0.15) is 25.0 Å². The average Bonchev–Trinajstić information content (AvgIpc) is 2.40. The van der Waals surface area contributed by atoms with E-state index in [0.717, 1.165) is 16.8 Å². The van der Waals surface area contributed by atoms with E-state index in [-0.39, 0.29) is 22.9 Å². The lowest BCUT2D eigenvalue weighted by Crippen LogP contribution is -2.24. The van der Waals surface area contributed by atoms with Gasteiger partial charge in [0.15, 0.2) is 0 Å². The Bertz CT molecular complexity index is 468. The second-order valence-electron chi connectivity index (χ2n) is 4.51. The maximum atomic E-state index is 12.1. The smallest absolute Gasteiger partial charge is 0.315 e. The van der Waals surface area contributed by atoms with Crippen molar-refractivity contribution in [3.05, 3.63) is 29.3 Å². The van der Waals surface area contributed by atoms with E-state index in [1.165, 1.54) is 11.8 Å². The molecule has 0 aliphatic carbocycles. The molecule has 1 aromatic carbocycles. The van der Waals surface area contributed by atoms with Crippen molar-refractivity contribution in [1.82, 2.24) is 0 Å². The van der Waals surface area contributed by atoms with E-state index >= 15 is 0 Å². The fourth-order valence-electron chi connectivity index (χ4n) is 1.71. The molecule has 4 nitrogen and oxygen atoms in total. The van der Waals surface area contributed by atoms with Gasteiger partial charge in [0.1, 0.15) is 0 Å². The van der Waals surface area contributed by atoms with Gasteiger partial charge in [0.05, 0.1) is 17.6 Å². The highest BCUT2D eigenvalue weighted by Crippen LogP contribution is 2.21. The van der Waals surface area contributed by atoms with Crippen LogP contribution in [-0.4, -0.2) is 29.5 Å². The SMILES string of the molecule is CCOC(=O)CS[C@@H](C)C(=O)Nc1c(C)cccc1C. The Morgan fingerprint density at radius 3 is 2.45 bits per heavy atom. The Hall–Kier alpha value is -1.49. The number of rotatable bonds is 6. The predicted octanol–water partition coefficient (Wildman–Crippen LogP) is 2.93. The van der Waals surface area contributed by atoms with E-state index < -0.39 is 0 Å². The Morgan fingerprint density at radius 2 is 1.90 bits per heavy atom. The molecule has 1 atom stereocenters. The summed E-state index contributed by atoms with van der Waals surface area (Å²) >= 11 is 1.28. The van der Waals surface area contributed by atoms with E-state index in [0.29, 0.717) is 6.61 Å². The van der Waals surface area contributed by atoms with Gasteiger partial charge in [0.25, 0.3) is 0 Å². The molecule has 0 aliphatic heterocycles. The topological polar surface area (TPSA) is 55.4 Å². The minimum atomic E-state index is -0.307. The van der Waals surface area contributed by atoms with Gasteiger partial charge in [-0.1, -0.05) is 18.2 Å². The van der Waals surface area contributed by atoms with Gasteiger partial charge in [0, 0.05) is 5.69 Å². The van der Waals surface area contributed by atoms with Crippen molar-refractivity contribution in [3.8, 4) is 0 Å². The molecule has 0 unspecified atom stereocenters. The molecule has 0 aromatic heterocycles. The first kappa shape index (κ1) is 16.6. The van der Waals surface area contributed by atoms with Gasteiger partial charge in [-0.05, 0) is 38.8 Å². The third-order valence-corrected chi connectivity index (χ3v) is 3.97. The molecule has 0 heterocycles. The number of carbonyl (C=O) groups excluding carboxylic acids is 2. The van der Waals surface area contributed by atoms with Crippen LogP contribution < -0.4 is 5.32 Å². The Morgan fingerprint density at radius 1 is 1.30 bits per heavy atom. The molecule has 0 radical (unpaired) electrons. The van der Waals surface area contributed by atoms with Crippen LogP contribution in [0, 0.1) is 13.8 Å². The average molecular weight is 295 g/mol. The molecular formula is C15H21NO3S. The quantitative estimate of drug-likeness (QED) is 0.820. The van der Waals surface area contributed by atoms with E-state index in [2.05, 4.69) is 5.32 Å². The minimum absolute atomic E-state index is 0.100. The number of para-hydroxylation sites is 1. The molecule has 0 fully saturated rings. The lowest BCUT2D eigenvalue weighted by Gasteiger charge is -2.15. The maximum absolute atomic E-state index is 12.1. The molecule has 110 valence electrons.